The molecule has 34 valence electrons. The van der Waals surface area contributed by atoms with Crippen LogP contribution in [0.4, 0.5) is 0 Å². The zero-order chi connectivity index (χ0) is 4.41. The van der Waals surface area contributed by atoms with E-state index < -0.39 is 0 Å². The Labute approximate surface area is 38.1 Å². The summed E-state index contributed by atoms with van der Waals surface area (Å²) in [6.07, 6.45) is 2.26. The van der Waals surface area contributed by atoms with Gasteiger partial charge in [0.05, 0.1) is 13.1 Å². The topological polar surface area (TPSA) is 16.6 Å². The molecule has 1 rings (SSSR count). The number of rotatable bonds is 0. The maximum Gasteiger partial charge on any atom is 0.0973 e. The molecule has 0 saturated carbocycles. The zero-order valence-electron chi connectivity index (χ0n) is 4.07. The predicted molar refractivity (Wildman–Crippen MR) is 25.4 cm³/mol. The Hall–Kier alpha value is -0.300. The predicted octanol–water partition coefficient (Wildman–Crippen LogP) is -0.490. The summed E-state index contributed by atoms with van der Waals surface area (Å²) in [6, 6.07) is 0. The first-order valence-corrected chi connectivity index (χ1v) is 2.37. The maximum atomic E-state index is 2.29. The minimum atomic E-state index is 1.20. The third kappa shape index (κ3) is 0.601. The van der Waals surface area contributed by atoms with Gasteiger partial charge in [0.15, 0.2) is 0 Å². The van der Waals surface area contributed by atoms with Gasteiger partial charge in [-0.15, -0.1) is 0 Å². The van der Waals surface area contributed by atoms with E-state index in [1.165, 1.54) is 18.7 Å². The number of nitrogens with two attached hydrogens (primary N) is 1. The first-order chi connectivity index (χ1) is 2.89. The summed E-state index contributed by atoms with van der Waals surface area (Å²) >= 11 is 0. The summed E-state index contributed by atoms with van der Waals surface area (Å²) in [5.74, 6) is 0. The smallest absolute Gasteiger partial charge is 0.0973 e. The lowest BCUT2D eigenvalue weighted by Gasteiger charge is -1.80. The van der Waals surface area contributed by atoms with Crippen LogP contribution in [0.15, 0.2) is 11.6 Å². The van der Waals surface area contributed by atoms with Gasteiger partial charge in [-0.2, -0.15) is 0 Å². The number of hydrogen-bond donors (Lipinski definition) is 1. The third-order valence-electron chi connectivity index (χ3n) is 1.10. The van der Waals surface area contributed by atoms with Crippen molar-refractivity contribution < 1.29 is 5.32 Å². The molecule has 0 unspecified atom stereocenters. The second-order valence-electron chi connectivity index (χ2n) is 1.78. The van der Waals surface area contributed by atoms with Gasteiger partial charge < -0.3 is 5.32 Å². The second-order valence-corrected chi connectivity index (χ2v) is 1.78. The summed E-state index contributed by atoms with van der Waals surface area (Å²) in [5, 5.41) is 2.29. The van der Waals surface area contributed by atoms with Gasteiger partial charge in [0.25, 0.3) is 0 Å². The van der Waals surface area contributed by atoms with Gasteiger partial charge in [-0.3, -0.25) is 0 Å². The van der Waals surface area contributed by atoms with E-state index in [0.717, 1.165) is 0 Å². The lowest BCUT2D eigenvalue weighted by Crippen LogP contribution is -2.81. The van der Waals surface area contributed by atoms with Crippen molar-refractivity contribution in [1.82, 2.24) is 0 Å². The van der Waals surface area contributed by atoms with Crippen LogP contribution in [0, 0.1) is 0 Å². The Kier molecular flexibility index (Phi) is 0.926. The van der Waals surface area contributed by atoms with Crippen molar-refractivity contribution in [3.05, 3.63) is 11.6 Å². The summed E-state index contributed by atoms with van der Waals surface area (Å²) in [7, 11) is 0. The van der Waals surface area contributed by atoms with E-state index in [0.29, 0.717) is 0 Å². The minimum Gasteiger partial charge on any atom is -0.340 e. The second kappa shape index (κ2) is 1.43. The molecule has 0 atom stereocenters. The van der Waals surface area contributed by atoms with Crippen molar-refractivity contribution in [1.29, 1.82) is 0 Å². The number of quaternary nitrogens is 1. The average Bonchev–Trinajstić information content (AvgIpc) is 1.86. The highest BCUT2D eigenvalue weighted by Gasteiger charge is 1.97. The highest BCUT2D eigenvalue weighted by molar-refractivity contribution is 4.99. The van der Waals surface area contributed by atoms with Gasteiger partial charge in [0.1, 0.15) is 0 Å². The molecule has 0 saturated heterocycles. The molecule has 0 aromatic heterocycles. The molecule has 6 heavy (non-hydrogen) atoms. The molecule has 1 aliphatic rings. The Balaban J connectivity index is 2.45. The lowest BCUT2D eigenvalue weighted by molar-refractivity contribution is -0.631. The van der Waals surface area contributed by atoms with Gasteiger partial charge in [0, 0.05) is 0 Å². The van der Waals surface area contributed by atoms with E-state index in [9.17, 15) is 0 Å². The Bertz CT molecular complexity index is 74.0. The van der Waals surface area contributed by atoms with E-state index in [1.807, 2.05) is 0 Å². The van der Waals surface area contributed by atoms with Crippen LogP contribution in [0.3, 0.4) is 0 Å². The molecule has 1 aliphatic heterocycles. The maximum absolute atomic E-state index is 2.29. The van der Waals surface area contributed by atoms with Crippen LogP contribution in [0.5, 0.6) is 0 Å². The van der Waals surface area contributed by atoms with Crippen LogP contribution in [-0.4, -0.2) is 13.1 Å². The zero-order valence-corrected chi connectivity index (χ0v) is 4.07. The quantitative estimate of drug-likeness (QED) is 0.381. The van der Waals surface area contributed by atoms with Crippen molar-refractivity contribution in [2.45, 2.75) is 6.92 Å². The molecule has 0 bridgehead atoms. The van der Waals surface area contributed by atoms with Gasteiger partial charge in [-0.05, 0) is 18.6 Å². The van der Waals surface area contributed by atoms with Crippen molar-refractivity contribution in [2.24, 2.45) is 0 Å². The normalized spacial score (nSPS) is 21.2. The average molecular weight is 84.1 g/mol. The van der Waals surface area contributed by atoms with E-state index in [-0.39, 0.29) is 0 Å². The van der Waals surface area contributed by atoms with E-state index >= 15 is 0 Å². The molecule has 1 nitrogen and oxygen atoms in total. The van der Waals surface area contributed by atoms with Crippen LogP contribution in [0.2, 0.25) is 0 Å². The van der Waals surface area contributed by atoms with Gasteiger partial charge in [0.2, 0.25) is 0 Å². The van der Waals surface area contributed by atoms with Crippen molar-refractivity contribution in [3.63, 3.8) is 0 Å². The molecule has 0 aromatic rings. The van der Waals surface area contributed by atoms with Crippen molar-refractivity contribution >= 4 is 0 Å². The van der Waals surface area contributed by atoms with Crippen molar-refractivity contribution in [2.75, 3.05) is 13.1 Å². The summed E-state index contributed by atoms with van der Waals surface area (Å²) in [6.45, 7) is 4.59. The van der Waals surface area contributed by atoms with E-state index in [1.54, 1.807) is 0 Å². The Morgan fingerprint density at radius 3 is 2.83 bits per heavy atom. The highest BCUT2D eigenvalue weighted by atomic mass is 14.9. The fourth-order valence-corrected chi connectivity index (χ4v) is 0.679. The molecule has 0 radical (unpaired) electrons. The van der Waals surface area contributed by atoms with Gasteiger partial charge in [-0.1, -0.05) is 0 Å². The van der Waals surface area contributed by atoms with Crippen LogP contribution in [0.25, 0.3) is 0 Å². The first-order valence-electron chi connectivity index (χ1n) is 2.37. The van der Waals surface area contributed by atoms with Gasteiger partial charge in [-0.25, -0.2) is 0 Å². The standard InChI is InChI=1S/C5H9N/c1-5-2-3-6-4-5/h2,6H,3-4H2,1H3/p+1. The molecule has 0 spiro atoms. The summed E-state index contributed by atoms with van der Waals surface area (Å²) < 4.78 is 0. The van der Waals surface area contributed by atoms with Crippen LogP contribution in [0.1, 0.15) is 6.92 Å². The molecule has 0 aliphatic carbocycles. The Morgan fingerprint density at radius 1 is 1.83 bits per heavy atom. The SMILES string of the molecule is CC1=CC[NH2+]C1. The molecule has 0 amide bonds. The number of hydrogen-bond acceptors (Lipinski definition) is 0. The molecule has 0 aromatic carbocycles. The molecule has 1 heteroatoms. The van der Waals surface area contributed by atoms with Gasteiger partial charge >= 0.3 is 0 Å². The lowest BCUT2D eigenvalue weighted by atomic mass is 10.3. The monoisotopic (exact) mass is 84.1 g/mol. The minimum absolute atomic E-state index is 1.20. The fourth-order valence-electron chi connectivity index (χ4n) is 0.679. The van der Waals surface area contributed by atoms with E-state index in [4.69, 9.17) is 0 Å². The van der Waals surface area contributed by atoms with Crippen molar-refractivity contribution in [3.8, 4) is 0 Å². The fraction of sp³-hybridized carbons (Fsp3) is 0.600. The van der Waals surface area contributed by atoms with Crippen LogP contribution in [-0.2, 0) is 0 Å². The third-order valence-corrected chi connectivity index (χ3v) is 1.10. The molecular formula is C5H10N+. The molecular weight excluding hydrogens is 74.1 g/mol. The van der Waals surface area contributed by atoms with Crippen LogP contribution >= 0.6 is 0 Å². The summed E-state index contributed by atoms with van der Waals surface area (Å²) in [5.41, 5.74) is 1.52. The molecule has 2 N–H and O–H groups in total. The summed E-state index contributed by atoms with van der Waals surface area (Å²) in [4.78, 5) is 0. The van der Waals surface area contributed by atoms with Crippen LogP contribution < -0.4 is 5.32 Å². The highest BCUT2D eigenvalue weighted by Crippen LogP contribution is 1.86. The Morgan fingerprint density at radius 2 is 2.67 bits per heavy atom. The van der Waals surface area contributed by atoms with E-state index in [2.05, 4.69) is 18.3 Å². The molecule has 0 fully saturated rings. The largest absolute Gasteiger partial charge is 0.340 e. The first kappa shape index (κ1) is 3.88. The molecule has 1 heterocycles.